The van der Waals surface area contributed by atoms with Crippen LogP contribution in [-0.2, 0) is 58.8 Å². The first-order chi connectivity index (χ1) is 36.3. The SMILES string of the molecule is CCOC(=O)C1=C(C(=O)OCC)[C@]2(N[C@@H]1CC(C)C)C(=O)N(CC(=O)c1ccccc1)c1ccc(Cl)cc12.CCOC(=O)C1=C(C(=O)OCC)[C@]2(N[C@@H]1CC(C)C)C(=O)N(CC(=O)c1ccccc1)c1ccc(Cl)cc12. The van der Waals surface area contributed by atoms with Gasteiger partial charge in [-0.1, -0.05) is 112 Å². The zero-order valence-electron chi connectivity index (χ0n) is 43.8. The Kier molecular flexibility index (Phi) is 17.9. The molecule has 4 aliphatic rings. The van der Waals surface area contributed by atoms with Gasteiger partial charge in [-0.3, -0.25) is 29.8 Å². The highest BCUT2D eigenvalue weighted by Crippen LogP contribution is 2.53. The molecule has 400 valence electrons. The largest absolute Gasteiger partial charge is 0.463 e. The molecule has 2 spiro atoms. The third-order valence-corrected chi connectivity index (χ3v) is 13.8. The zero-order valence-corrected chi connectivity index (χ0v) is 45.3. The summed E-state index contributed by atoms with van der Waals surface area (Å²) >= 11 is 12.8. The van der Waals surface area contributed by atoms with Gasteiger partial charge in [0.05, 0.1) is 73.2 Å². The predicted octanol–water partition coefficient (Wildman–Crippen LogP) is 8.41. The number of benzene rings is 4. The Hall–Kier alpha value is -6.98. The Balaban J connectivity index is 0.000000221. The summed E-state index contributed by atoms with van der Waals surface area (Å²) in [6.07, 6.45) is 0.899. The van der Waals surface area contributed by atoms with Gasteiger partial charge in [-0.05, 0) is 88.8 Å². The number of anilines is 2. The van der Waals surface area contributed by atoms with Crippen molar-refractivity contribution in [2.75, 3.05) is 49.3 Å². The highest BCUT2D eigenvalue weighted by atomic mass is 35.5. The molecule has 8 rings (SSSR count). The van der Waals surface area contributed by atoms with Crippen molar-refractivity contribution < 1.29 is 57.3 Å². The lowest BCUT2D eigenvalue weighted by molar-refractivity contribution is -0.142. The molecule has 76 heavy (non-hydrogen) atoms. The van der Waals surface area contributed by atoms with Gasteiger partial charge in [0.2, 0.25) is 0 Å². The quantitative estimate of drug-likeness (QED) is 0.0546. The van der Waals surface area contributed by atoms with E-state index in [2.05, 4.69) is 10.6 Å². The minimum Gasteiger partial charge on any atom is -0.463 e. The van der Waals surface area contributed by atoms with Gasteiger partial charge in [-0.15, -0.1) is 0 Å². The number of esters is 4. The van der Waals surface area contributed by atoms with Crippen LogP contribution in [0.2, 0.25) is 10.0 Å². The van der Waals surface area contributed by atoms with Crippen LogP contribution < -0.4 is 20.4 Å². The van der Waals surface area contributed by atoms with Gasteiger partial charge in [0.25, 0.3) is 11.8 Å². The molecular weight excluding hydrogens is 1020 g/mol. The highest BCUT2D eigenvalue weighted by Gasteiger charge is 2.64. The van der Waals surface area contributed by atoms with Crippen molar-refractivity contribution >= 4 is 81.8 Å². The van der Waals surface area contributed by atoms with E-state index < -0.39 is 58.9 Å². The van der Waals surface area contributed by atoms with Gasteiger partial charge in [0.15, 0.2) is 22.6 Å². The number of hydrogen-bond acceptors (Lipinski definition) is 14. The number of amides is 2. The molecule has 4 heterocycles. The third kappa shape index (κ3) is 10.7. The molecule has 16 nitrogen and oxygen atoms in total. The Morgan fingerprint density at radius 1 is 0.513 bits per heavy atom. The van der Waals surface area contributed by atoms with Gasteiger partial charge < -0.3 is 28.7 Å². The average Bonchev–Trinajstić information content (AvgIpc) is 4.10. The molecule has 2 N–H and O–H groups in total. The van der Waals surface area contributed by atoms with Gasteiger partial charge in [-0.2, -0.15) is 0 Å². The lowest BCUT2D eigenvalue weighted by Gasteiger charge is -2.28. The molecule has 4 aliphatic heterocycles. The molecule has 0 aliphatic carbocycles. The topological polar surface area (TPSA) is 204 Å². The number of nitrogens with one attached hydrogen (secondary N) is 2. The summed E-state index contributed by atoms with van der Waals surface area (Å²) in [5.74, 6) is -4.44. The molecule has 2 amide bonds. The summed E-state index contributed by atoms with van der Waals surface area (Å²) in [4.78, 5) is 112. The normalized spacial score (nSPS) is 20.3. The van der Waals surface area contributed by atoms with Crippen LogP contribution >= 0.6 is 23.2 Å². The van der Waals surface area contributed by atoms with Gasteiger partial charge >= 0.3 is 23.9 Å². The number of nitrogens with zero attached hydrogens (tertiary/aromatic N) is 2. The second-order valence-corrected chi connectivity index (χ2v) is 20.2. The second kappa shape index (κ2) is 23.9. The van der Waals surface area contributed by atoms with Crippen molar-refractivity contribution in [3.8, 4) is 0 Å². The number of hydrogen-bond donors (Lipinski definition) is 2. The number of ether oxygens (including phenoxy) is 4. The summed E-state index contributed by atoms with van der Waals surface area (Å²) in [6.45, 7) is 14.3. The molecule has 4 aromatic carbocycles. The number of carbonyl (C=O) groups excluding carboxylic acids is 8. The van der Waals surface area contributed by atoms with Crippen molar-refractivity contribution in [1.29, 1.82) is 0 Å². The van der Waals surface area contributed by atoms with Crippen LogP contribution in [-0.4, -0.2) is 98.9 Å². The fourth-order valence-corrected chi connectivity index (χ4v) is 10.8. The number of rotatable bonds is 18. The van der Waals surface area contributed by atoms with Crippen LogP contribution in [0.3, 0.4) is 0 Å². The summed E-state index contributed by atoms with van der Waals surface area (Å²) in [5, 5.41) is 7.30. The van der Waals surface area contributed by atoms with E-state index in [9.17, 15) is 38.4 Å². The number of ketones is 2. The molecular formula is C58H62Cl2N4O12. The summed E-state index contributed by atoms with van der Waals surface area (Å²) in [6, 6.07) is 25.7. The molecule has 4 aromatic rings. The van der Waals surface area contributed by atoms with Crippen LogP contribution in [0, 0.1) is 11.8 Å². The molecule has 0 radical (unpaired) electrons. The Labute approximate surface area is 452 Å². The Morgan fingerprint density at radius 2 is 0.842 bits per heavy atom. The standard InChI is InChI=1S/2C29H31ClN2O6/c2*1-5-37-26(34)24-21(14-17(3)4)31-29(25(24)27(35)38-6-2)20-15-19(30)12-13-22(20)32(28(29)36)16-23(33)18-10-8-7-9-11-18/h2*7-13,15,17,21,31H,5-6,14,16H2,1-4H3/t2*21-,29+/m11/s1. The third-order valence-electron chi connectivity index (χ3n) is 13.4. The second-order valence-electron chi connectivity index (χ2n) is 19.3. The Bertz CT molecular complexity index is 2810. The minimum absolute atomic E-state index is 0.0379. The van der Waals surface area contributed by atoms with E-state index >= 15 is 0 Å². The van der Waals surface area contributed by atoms with E-state index in [1.165, 1.54) is 9.80 Å². The van der Waals surface area contributed by atoms with E-state index in [0.29, 0.717) is 56.5 Å². The zero-order chi connectivity index (χ0) is 55.2. The van der Waals surface area contributed by atoms with Crippen molar-refractivity contribution in [3.63, 3.8) is 0 Å². The van der Waals surface area contributed by atoms with Crippen LogP contribution in [0.25, 0.3) is 0 Å². The summed E-state index contributed by atoms with van der Waals surface area (Å²) in [5.41, 5.74) is -1.15. The van der Waals surface area contributed by atoms with Gasteiger partial charge in [0.1, 0.15) is 0 Å². The van der Waals surface area contributed by atoms with Crippen molar-refractivity contribution in [1.82, 2.24) is 10.6 Å². The first-order valence-corrected chi connectivity index (χ1v) is 26.2. The molecule has 18 heteroatoms. The lowest BCUT2D eigenvalue weighted by Crippen LogP contribution is -2.53. The maximum Gasteiger partial charge on any atom is 0.337 e. The Morgan fingerprint density at radius 3 is 1.16 bits per heavy atom. The molecule has 4 atom stereocenters. The predicted molar refractivity (Wildman–Crippen MR) is 286 cm³/mol. The number of halogens is 2. The summed E-state index contributed by atoms with van der Waals surface area (Å²) < 4.78 is 21.5. The molecule has 0 saturated heterocycles. The van der Waals surface area contributed by atoms with E-state index in [-0.39, 0.29) is 85.2 Å². The number of fused-ring (bicyclic) bond motifs is 4. The fraction of sp³-hybridized carbons (Fsp3) is 0.379. The lowest BCUT2D eigenvalue weighted by atomic mass is 9.83. The molecule has 0 bridgehead atoms. The number of carbonyl (C=O) groups is 8. The first kappa shape index (κ1) is 56.7. The molecule has 0 fully saturated rings. The molecule has 0 unspecified atom stereocenters. The average molecular weight is 1080 g/mol. The monoisotopic (exact) mass is 1080 g/mol. The maximum absolute atomic E-state index is 14.4. The van der Waals surface area contributed by atoms with E-state index in [0.717, 1.165) is 0 Å². The number of Topliss-reactive ketones (excluding diaryl/α,β-unsaturated/α-hetero) is 2. The molecule has 0 aromatic heterocycles. The van der Waals surface area contributed by atoms with E-state index in [1.54, 1.807) is 125 Å². The van der Waals surface area contributed by atoms with E-state index in [1.807, 2.05) is 27.7 Å². The van der Waals surface area contributed by atoms with Crippen LogP contribution in [0.15, 0.2) is 119 Å². The fourth-order valence-electron chi connectivity index (χ4n) is 10.4. The van der Waals surface area contributed by atoms with Gasteiger partial charge in [0, 0.05) is 44.4 Å². The van der Waals surface area contributed by atoms with Gasteiger partial charge in [-0.25, -0.2) is 19.2 Å². The highest BCUT2D eigenvalue weighted by molar-refractivity contribution is 6.32. The maximum atomic E-state index is 14.4. The smallest absolute Gasteiger partial charge is 0.337 e. The van der Waals surface area contributed by atoms with Crippen LogP contribution in [0.4, 0.5) is 11.4 Å². The van der Waals surface area contributed by atoms with Crippen molar-refractivity contribution in [2.45, 2.75) is 91.4 Å². The molecule has 0 saturated carbocycles. The first-order valence-electron chi connectivity index (χ1n) is 25.4. The summed E-state index contributed by atoms with van der Waals surface area (Å²) in [7, 11) is 0. The van der Waals surface area contributed by atoms with Crippen molar-refractivity contribution in [2.24, 2.45) is 11.8 Å². The minimum atomic E-state index is -1.77. The van der Waals surface area contributed by atoms with E-state index in [4.69, 9.17) is 42.1 Å². The van der Waals surface area contributed by atoms with Crippen LogP contribution in [0.1, 0.15) is 100 Å². The van der Waals surface area contributed by atoms with Crippen molar-refractivity contribution in [3.05, 3.63) is 152 Å². The van der Waals surface area contributed by atoms with Crippen LogP contribution in [0.5, 0.6) is 0 Å².